The number of nitrogens with two attached hydrogens (primary N) is 1. The summed E-state index contributed by atoms with van der Waals surface area (Å²) in [4.78, 5) is 45.8. The average Bonchev–Trinajstić information content (AvgIpc) is 3.25. The highest BCUT2D eigenvalue weighted by molar-refractivity contribution is 5.91. The predicted octanol–water partition coefficient (Wildman–Crippen LogP) is 1.35. The van der Waals surface area contributed by atoms with Crippen LogP contribution in [0.4, 0.5) is 16.0 Å². The number of allylic oxidation sites excluding steroid dienone is 1. The maximum atomic E-state index is 14.2. The Morgan fingerprint density at radius 3 is 2.83 bits per heavy atom. The SMILES string of the molecule is CC/C=C/n1c(N2CCCC(N)C2)nc2c1c(=O)n(CC(=O)Nc1ccc(C#N)cc1F)c(=O)n2C. The van der Waals surface area contributed by atoms with E-state index in [1.165, 1.54) is 23.7 Å². The van der Waals surface area contributed by atoms with E-state index in [9.17, 15) is 18.8 Å². The van der Waals surface area contributed by atoms with E-state index in [-0.39, 0.29) is 28.5 Å². The van der Waals surface area contributed by atoms with E-state index < -0.39 is 29.5 Å². The van der Waals surface area contributed by atoms with Crippen molar-refractivity contribution in [2.24, 2.45) is 12.8 Å². The van der Waals surface area contributed by atoms with Gasteiger partial charge in [-0.15, -0.1) is 0 Å². The first-order valence-electron chi connectivity index (χ1n) is 11.6. The lowest BCUT2D eigenvalue weighted by atomic mass is 10.1. The minimum atomic E-state index is -0.801. The molecule has 1 amide bonds. The fourth-order valence-corrected chi connectivity index (χ4v) is 4.25. The van der Waals surface area contributed by atoms with Crippen LogP contribution in [0.1, 0.15) is 31.7 Å². The van der Waals surface area contributed by atoms with Crippen LogP contribution in [0.25, 0.3) is 17.4 Å². The summed E-state index contributed by atoms with van der Waals surface area (Å²) in [6.45, 7) is 2.59. The Bertz CT molecular complexity index is 1510. The number of carbonyl (C=O) groups excluding carboxylic acids is 1. The van der Waals surface area contributed by atoms with Gasteiger partial charge in [-0.2, -0.15) is 10.2 Å². The molecule has 36 heavy (non-hydrogen) atoms. The van der Waals surface area contributed by atoms with Gasteiger partial charge in [0.1, 0.15) is 12.4 Å². The van der Waals surface area contributed by atoms with Gasteiger partial charge in [-0.25, -0.2) is 13.8 Å². The van der Waals surface area contributed by atoms with Crippen molar-refractivity contribution in [1.29, 1.82) is 5.26 Å². The summed E-state index contributed by atoms with van der Waals surface area (Å²) in [5, 5.41) is 11.2. The maximum Gasteiger partial charge on any atom is 0.332 e. The van der Waals surface area contributed by atoms with Crippen LogP contribution in [-0.4, -0.2) is 43.7 Å². The minimum Gasteiger partial charge on any atom is -0.340 e. The minimum absolute atomic E-state index is 0.0334. The Morgan fingerprint density at radius 2 is 2.17 bits per heavy atom. The van der Waals surface area contributed by atoms with Crippen molar-refractivity contribution in [2.45, 2.75) is 38.8 Å². The topological polar surface area (TPSA) is 144 Å². The summed E-state index contributed by atoms with van der Waals surface area (Å²) in [6.07, 6.45) is 6.06. The molecule has 0 bridgehead atoms. The summed E-state index contributed by atoms with van der Waals surface area (Å²) < 4.78 is 17.9. The normalized spacial score (nSPS) is 16.0. The number of fused-ring (bicyclic) bond motifs is 1. The zero-order chi connectivity index (χ0) is 26.0. The first-order valence-corrected chi connectivity index (χ1v) is 11.6. The molecule has 4 rings (SSSR count). The lowest BCUT2D eigenvalue weighted by molar-refractivity contribution is -0.116. The van der Waals surface area contributed by atoms with Crippen LogP contribution in [0.5, 0.6) is 0 Å². The fourth-order valence-electron chi connectivity index (χ4n) is 4.25. The van der Waals surface area contributed by atoms with Crippen molar-refractivity contribution in [3.8, 4) is 6.07 Å². The number of piperidine rings is 1. The molecule has 3 heterocycles. The lowest BCUT2D eigenvalue weighted by Crippen LogP contribution is -2.44. The first kappa shape index (κ1) is 24.9. The smallest absolute Gasteiger partial charge is 0.332 e. The Kier molecular flexibility index (Phi) is 7.03. The Balaban J connectivity index is 1.77. The second kappa shape index (κ2) is 10.2. The van der Waals surface area contributed by atoms with Gasteiger partial charge in [-0.05, 0) is 37.5 Å². The van der Waals surface area contributed by atoms with Crippen molar-refractivity contribution < 1.29 is 9.18 Å². The highest BCUT2D eigenvalue weighted by Gasteiger charge is 2.26. The molecule has 1 aromatic carbocycles. The van der Waals surface area contributed by atoms with Crippen molar-refractivity contribution in [3.63, 3.8) is 0 Å². The molecule has 12 heteroatoms. The number of hydrogen-bond acceptors (Lipinski definition) is 7. The predicted molar refractivity (Wildman–Crippen MR) is 134 cm³/mol. The number of anilines is 2. The third kappa shape index (κ3) is 4.65. The number of benzene rings is 1. The van der Waals surface area contributed by atoms with E-state index in [1.807, 2.05) is 24.0 Å². The van der Waals surface area contributed by atoms with Gasteiger partial charge in [-0.1, -0.05) is 13.0 Å². The van der Waals surface area contributed by atoms with Gasteiger partial charge in [0, 0.05) is 32.4 Å². The highest BCUT2D eigenvalue weighted by atomic mass is 19.1. The number of imidazole rings is 1. The summed E-state index contributed by atoms with van der Waals surface area (Å²) in [5.41, 5.74) is 5.01. The van der Waals surface area contributed by atoms with Crippen LogP contribution >= 0.6 is 0 Å². The molecule has 1 aliphatic rings. The molecule has 1 unspecified atom stereocenters. The number of aromatic nitrogens is 4. The van der Waals surface area contributed by atoms with Gasteiger partial charge in [0.2, 0.25) is 11.9 Å². The molecule has 3 aromatic rings. The zero-order valence-corrected chi connectivity index (χ0v) is 20.1. The summed E-state index contributed by atoms with van der Waals surface area (Å²) in [6, 6.07) is 5.36. The van der Waals surface area contributed by atoms with Crippen LogP contribution < -0.4 is 27.2 Å². The standard InChI is InChI=1S/C24H27FN8O3/c1-3-4-10-32-20-21(29-23(32)31-9-5-6-16(27)13-31)30(2)24(36)33(22(20)35)14-19(34)28-18-8-7-15(12-26)11-17(18)25/h4,7-8,10-11,16H,3,5-6,9,13-14,27H2,1-2H3,(H,28,34)/b10-4+. The van der Waals surface area contributed by atoms with Gasteiger partial charge in [0.25, 0.3) is 5.56 Å². The molecule has 0 spiro atoms. The van der Waals surface area contributed by atoms with E-state index >= 15 is 0 Å². The van der Waals surface area contributed by atoms with Gasteiger partial charge in [0.05, 0.1) is 17.3 Å². The molecular weight excluding hydrogens is 467 g/mol. The van der Waals surface area contributed by atoms with Gasteiger partial charge in [-0.3, -0.25) is 18.7 Å². The molecule has 2 aromatic heterocycles. The van der Waals surface area contributed by atoms with Crippen molar-refractivity contribution in [1.82, 2.24) is 18.7 Å². The maximum absolute atomic E-state index is 14.2. The average molecular weight is 495 g/mol. The third-order valence-corrected chi connectivity index (χ3v) is 6.06. The molecule has 1 aliphatic heterocycles. The molecule has 1 atom stereocenters. The number of hydrogen-bond donors (Lipinski definition) is 2. The van der Waals surface area contributed by atoms with Gasteiger partial charge >= 0.3 is 5.69 Å². The van der Waals surface area contributed by atoms with E-state index in [1.54, 1.807) is 10.8 Å². The number of nitrogens with zero attached hydrogens (tertiary/aromatic N) is 6. The molecule has 188 valence electrons. The van der Waals surface area contributed by atoms with E-state index in [0.717, 1.165) is 23.5 Å². The van der Waals surface area contributed by atoms with E-state index in [2.05, 4.69) is 10.3 Å². The molecule has 11 nitrogen and oxygen atoms in total. The van der Waals surface area contributed by atoms with Crippen molar-refractivity contribution in [2.75, 3.05) is 23.3 Å². The number of rotatable bonds is 6. The third-order valence-electron chi connectivity index (χ3n) is 6.06. The van der Waals surface area contributed by atoms with E-state index in [0.29, 0.717) is 25.5 Å². The highest BCUT2D eigenvalue weighted by Crippen LogP contribution is 2.23. The second-order valence-corrected chi connectivity index (χ2v) is 8.68. The van der Waals surface area contributed by atoms with Gasteiger partial charge in [0.15, 0.2) is 11.2 Å². The number of amides is 1. The van der Waals surface area contributed by atoms with Crippen LogP contribution in [0.15, 0.2) is 33.9 Å². The number of nitrogens with one attached hydrogen (secondary N) is 1. The van der Waals surface area contributed by atoms with Crippen molar-refractivity contribution in [3.05, 3.63) is 56.5 Å². The lowest BCUT2D eigenvalue weighted by Gasteiger charge is -2.31. The largest absolute Gasteiger partial charge is 0.340 e. The quantitative estimate of drug-likeness (QED) is 0.526. The molecule has 0 saturated carbocycles. The Labute approximate surface area is 205 Å². The molecule has 3 N–H and O–H groups in total. The zero-order valence-electron chi connectivity index (χ0n) is 20.1. The van der Waals surface area contributed by atoms with E-state index in [4.69, 9.17) is 11.0 Å². The monoisotopic (exact) mass is 494 g/mol. The molecule has 1 fully saturated rings. The van der Waals surface area contributed by atoms with Gasteiger partial charge < -0.3 is 16.0 Å². The molecule has 0 aliphatic carbocycles. The molecule has 1 saturated heterocycles. The van der Waals surface area contributed by atoms with Crippen LogP contribution in [0, 0.1) is 17.1 Å². The number of halogens is 1. The van der Waals surface area contributed by atoms with Crippen LogP contribution in [-0.2, 0) is 18.4 Å². The summed E-state index contributed by atoms with van der Waals surface area (Å²) in [7, 11) is 1.48. The number of carbonyl (C=O) groups is 1. The Morgan fingerprint density at radius 1 is 1.39 bits per heavy atom. The summed E-state index contributed by atoms with van der Waals surface area (Å²) in [5.74, 6) is -1.07. The first-order chi connectivity index (χ1) is 17.2. The number of aryl methyl sites for hydroxylation is 1. The fraction of sp³-hybridized carbons (Fsp3) is 0.375. The number of nitriles is 1. The van der Waals surface area contributed by atoms with Crippen LogP contribution in [0.2, 0.25) is 0 Å². The van der Waals surface area contributed by atoms with Crippen molar-refractivity contribution >= 4 is 34.9 Å². The molecular formula is C24H27FN8O3. The summed E-state index contributed by atoms with van der Waals surface area (Å²) >= 11 is 0. The Hall–Kier alpha value is -4.24. The second-order valence-electron chi connectivity index (χ2n) is 8.68. The van der Waals surface area contributed by atoms with Crippen LogP contribution in [0.3, 0.4) is 0 Å². The molecule has 0 radical (unpaired) electrons.